The van der Waals surface area contributed by atoms with Crippen molar-refractivity contribution in [3.63, 3.8) is 0 Å². The third-order valence-corrected chi connectivity index (χ3v) is 2.11. The first-order chi connectivity index (χ1) is 6.81. The highest BCUT2D eigenvalue weighted by atomic mass is 15.3. The molecule has 2 heterocycles. The van der Waals surface area contributed by atoms with Gasteiger partial charge in [0.2, 0.25) is 0 Å². The lowest BCUT2D eigenvalue weighted by atomic mass is 10.4. The van der Waals surface area contributed by atoms with Crippen LogP contribution in [0.3, 0.4) is 0 Å². The molecule has 1 N–H and O–H groups in total. The van der Waals surface area contributed by atoms with E-state index in [0.717, 1.165) is 30.1 Å². The smallest absolute Gasteiger partial charge is 0.163 e. The van der Waals surface area contributed by atoms with Gasteiger partial charge in [0.15, 0.2) is 5.65 Å². The summed E-state index contributed by atoms with van der Waals surface area (Å²) in [6, 6.07) is 1.93. The predicted octanol–water partition coefficient (Wildman–Crippen LogP) is 0.195. The van der Waals surface area contributed by atoms with E-state index >= 15 is 0 Å². The second-order valence-corrected chi connectivity index (χ2v) is 3.23. The van der Waals surface area contributed by atoms with Crippen molar-refractivity contribution in [3.8, 4) is 0 Å². The average Bonchev–Trinajstić information content (AvgIpc) is 2.57. The Balaban J connectivity index is 2.37. The van der Waals surface area contributed by atoms with Crippen molar-refractivity contribution >= 4 is 5.65 Å². The first kappa shape index (κ1) is 9.08. The fourth-order valence-electron chi connectivity index (χ4n) is 1.34. The minimum Gasteiger partial charge on any atom is -0.319 e. The van der Waals surface area contributed by atoms with Gasteiger partial charge in [-0.05, 0) is 14.0 Å². The van der Waals surface area contributed by atoms with Crippen molar-refractivity contribution in [1.29, 1.82) is 0 Å². The maximum Gasteiger partial charge on any atom is 0.163 e. The Bertz CT molecular complexity index is 434. The van der Waals surface area contributed by atoms with Crippen LogP contribution < -0.4 is 5.32 Å². The van der Waals surface area contributed by atoms with E-state index in [1.165, 1.54) is 0 Å². The summed E-state index contributed by atoms with van der Waals surface area (Å²) in [5.41, 5.74) is 1.83. The lowest BCUT2D eigenvalue weighted by molar-refractivity contribution is 0.744. The zero-order valence-electron chi connectivity index (χ0n) is 8.36. The molecular weight excluding hydrogens is 178 g/mol. The topological polar surface area (TPSA) is 55.1 Å². The van der Waals surface area contributed by atoms with Crippen LogP contribution in [0.25, 0.3) is 5.65 Å². The molecule has 2 aromatic heterocycles. The molecule has 0 bridgehead atoms. The van der Waals surface area contributed by atoms with Crippen LogP contribution >= 0.6 is 0 Å². The SMILES string of the molecule is CNCCc1nnc2cc(C)ncn12. The summed E-state index contributed by atoms with van der Waals surface area (Å²) in [6.45, 7) is 2.84. The van der Waals surface area contributed by atoms with Crippen molar-refractivity contribution < 1.29 is 0 Å². The van der Waals surface area contributed by atoms with Gasteiger partial charge in [-0.15, -0.1) is 10.2 Å². The van der Waals surface area contributed by atoms with E-state index < -0.39 is 0 Å². The van der Waals surface area contributed by atoms with Gasteiger partial charge in [0.05, 0.1) is 0 Å². The van der Waals surface area contributed by atoms with Crippen LogP contribution in [0.5, 0.6) is 0 Å². The van der Waals surface area contributed by atoms with Gasteiger partial charge in [0.25, 0.3) is 0 Å². The van der Waals surface area contributed by atoms with E-state index in [9.17, 15) is 0 Å². The Morgan fingerprint density at radius 1 is 1.43 bits per heavy atom. The summed E-state index contributed by atoms with van der Waals surface area (Å²) in [6.07, 6.45) is 2.64. The molecule has 74 valence electrons. The molecule has 0 aliphatic heterocycles. The number of nitrogens with one attached hydrogen (secondary N) is 1. The molecule has 0 fully saturated rings. The molecule has 0 saturated heterocycles. The van der Waals surface area contributed by atoms with Crippen molar-refractivity contribution in [2.24, 2.45) is 0 Å². The van der Waals surface area contributed by atoms with Crippen LogP contribution in [0.1, 0.15) is 11.5 Å². The Hall–Kier alpha value is -1.49. The zero-order valence-corrected chi connectivity index (χ0v) is 8.36. The minimum atomic E-state index is 0.863. The summed E-state index contributed by atoms with van der Waals surface area (Å²) in [7, 11) is 1.92. The van der Waals surface area contributed by atoms with Crippen molar-refractivity contribution in [2.45, 2.75) is 13.3 Å². The Morgan fingerprint density at radius 2 is 2.29 bits per heavy atom. The fraction of sp³-hybridized carbons (Fsp3) is 0.444. The first-order valence-corrected chi connectivity index (χ1v) is 4.62. The van der Waals surface area contributed by atoms with E-state index in [-0.39, 0.29) is 0 Å². The van der Waals surface area contributed by atoms with Gasteiger partial charge in [-0.25, -0.2) is 4.98 Å². The van der Waals surface area contributed by atoms with E-state index in [4.69, 9.17) is 0 Å². The average molecular weight is 191 g/mol. The van der Waals surface area contributed by atoms with Crippen LogP contribution in [0.15, 0.2) is 12.4 Å². The summed E-state index contributed by atoms with van der Waals surface area (Å²) in [4.78, 5) is 4.21. The Labute approximate surface area is 82.2 Å². The summed E-state index contributed by atoms with van der Waals surface area (Å²) < 4.78 is 1.92. The standard InChI is InChI=1S/C9H13N5/c1-7-5-9-13-12-8(3-4-10-2)14(9)6-11-7/h5-6,10H,3-4H2,1-2H3. The number of nitrogens with zero attached hydrogens (tertiary/aromatic N) is 4. The maximum atomic E-state index is 4.21. The Kier molecular flexibility index (Phi) is 2.41. The second kappa shape index (κ2) is 3.71. The normalized spacial score (nSPS) is 11.0. The molecule has 0 amide bonds. The van der Waals surface area contributed by atoms with E-state index in [1.54, 1.807) is 6.33 Å². The monoisotopic (exact) mass is 191 g/mol. The van der Waals surface area contributed by atoms with Crippen molar-refractivity contribution in [2.75, 3.05) is 13.6 Å². The third-order valence-electron chi connectivity index (χ3n) is 2.11. The second-order valence-electron chi connectivity index (χ2n) is 3.23. The number of fused-ring (bicyclic) bond motifs is 1. The van der Waals surface area contributed by atoms with Gasteiger partial charge in [-0.3, -0.25) is 4.40 Å². The van der Waals surface area contributed by atoms with Gasteiger partial charge in [0.1, 0.15) is 12.2 Å². The Morgan fingerprint density at radius 3 is 3.07 bits per heavy atom. The van der Waals surface area contributed by atoms with Crippen molar-refractivity contribution in [1.82, 2.24) is 24.9 Å². The number of aryl methyl sites for hydroxylation is 1. The van der Waals surface area contributed by atoms with Crippen LogP contribution in [0.4, 0.5) is 0 Å². The highest BCUT2D eigenvalue weighted by Gasteiger charge is 2.04. The molecule has 0 spiro atoms. The molecule has 2 rings (SSSR count). The highest BCUT2D eigenvalue weighted by Crippen LogP contribution is 2.03. The molecule has 0 atom stereocenters. The molecular formula is C9H13N5. The highest BCUT2D eigenvalue weighted by molar-refractivity contribution is 5.37. The van der Waals surface area contributed by atoms with Crippen molar-refractivity contribution in [3.05, 3.63) is 23.9 Å². The number of rotatable bonds is 3. The molecule has 0 aromatic carbocycles. The number of likely N-dealkylation sites (N-methyl/N-ethyl adjacent to an activating group) is 1. The number of hydrogen-bond acceptors (Lipinski definition) is 4. The molecule has 0 radical (unpaired) electrons. The van der Waals surface area contributed by atoms with Gasteiger partial charge < -0.3 is 5.32 Å². The zero-order chi connectivity index (χ0) is 9.97. The fourth-order valence-corrected chi connectivity index (χ4v) is 1.34. The molecule has 5 heteroatoms. The van der Waals surface area contributed by atoms with E-state index in [1.807, 2.05) is 24.4 Å². The predicted molar refractivity (Wildman–Crippen MR) is 53.1 cm³/mol. The third kappa shape index (κ3) is 1.58. The lowest BCUT2D eigenvalue weighted by Crippen LogP contribution is -2.12. The first-order valence-electron chi connectivity index (χ1n) is 4.62. The number of aromatic nitrogens is 4. The quantitative estimate of drug-likeness (QED) is 0.752. The van der Waals surface area contributed by atoms with Gasteiger partial charge >= 0.3 is 0 Å². The van der Waals surface area contributed by atoms with Crippen LogP contribution in [0.2, 0.25) is 0 Å². The molecule has 2 aromatic rings. The van der Waals surface area contributed by atoms with Crippen LogP contribution in [0, 0.1) is 6.92 Å². The minimum absolute atomic E-state index is 0.863. The molecule has 0 saturated carbocycles. The summed E-state index contributed by atoms with van der Waals surface area (Å²) >= 11 is 0. The molecule has 0 aliphatic rings. The molecule has 5 nitrogen and oxygen atoms in total. The van der Waals surface area contributed by atoms with E-state index in [2.05, 4.69) is 20.5 Å². The molecule has 0 unspecified atom stereocenters. The van der Waals surface area contributed by atoms with E-state index in [0.29, 0.717) is 0 Å². The summed E-state index contributed by atoms with van der Waals surface area (Å²) in [5.74, 6) is 0.946. The van der Waals surface area contributed by atoms with Gasteiger partial charge in [-0.2, -0.15) is 0 Å². The van der Waals surface area contributed by atoms with Crippen LogP contribution in [-0.4, -0.2) is 33.2 Å². The van der Waals surface area contributed by atoms with Crippen LogP contribution in [-0.2, 0) is 6.42 Å². The number of hydrogen-bond donors (Lipinski definition) is 1. The van der Waals surface area contributed by atoms with Gasteiger partial charge in [-0.1, -0.05) is 0 Å². The maximum absolute atomic E-state index is 4.21. The molecule has 14 heavy (non-hydrogen) atoms. The summed E-state index contributed by atoms with van der Waals surface area (Å²) in [5, 5.41) is 11.3. The molecule has 0 aliphatic carbocycles. The van der Waals surface area contributed by atoms with Gasteiger partial charge in [0, 0.05) is 24.7 Å². The lowest BCUT2D eigenvalue weighted by Gasteiger charge is -1.98. The largest absolute Gasteiger partial charge is 0.319 e.